The zero-order valence-corrected chi connectivity index (χ0v) is 18.3. The van der Waals surface area contributed by atoms with Crippen LogP contribution in [0.5, 0.6) is 11.5 Å². The number of para-hydroxylation sites is 1. The lowest BCUT2D eigenvalue weighted by atomic mass is 9.99. The smallest absolute Gasteiger partial charge is 0.260 e. The van der Waals surface area contributed by atoms with Crippen LogP contribution in [0, 0.1) is 0 Å². The average Bonchev–Trinajstić information content (AvgIpc) is 3.32. The molecule has 0 spiro atoms. The summed E-state index contributed by atoms with van der Waals surface area (Å²) in [4.78, 5) is 31.7. The van der Waals surface area contributed by atoms with Gasteiger partial charge in [-0.15, -0.1) is 0 Å². The molecule has 2 amide bonds. The first-order valence-corrected chi connectivity index (χ1v) is 10.8. The van der Waals surface area contributed by atoms with E-state index in [1.165, 1.54) is 0 Å². The van der Waals surface area contributed by atoms with Gasteiger partial charge in [-0.2, -0.15) is 0 Å². The Kier molecular flexibility index (Phi) is 6.54. The molecule has 0 bridgehead atoms. The van der Waals surface area contributed by atoms with Crippen LogP contribution in [0.15, 0.2) is 54.6 Å². The zero-order valence-electron chi connectivity index (χ0n) is 18.3. The van der Waals surface area contributed by atoms with E-state index in [4.69, 9.17) is 14.5 Å². The molecular weight excluding hydrogens is 406 g/mol. The van der Waals surface area contributed by atoms with Crippen molar-refractivity contribution in [2.24, 2.45) is 0 Å². The first-order valence-electron chi connectivity index (χ1n) is 10.8. The standard InChI is InChI=1S/C25H27N3O4/c1-3-31-18-7-6-8-19(13-18)32-16-24(29)28-12-11-17(15-28)23-14-21(25(30)26-2)20-9-4-5-10-22(20)27-23/h4-10,13-14,17H,3,11-12,15-16H2,1-2H3,(H,26,30)/t17-/m1/s1. The predicted octanol–water partition coefficient (Wildman–Crippen LogP) is 3.39. The predicted molar refractivity (Wildman–Crippen MR) is 122 cm³/mol. The number of nitrogens with one attached hydrogen (secondary N) is 1. The highest BCUT2D eigenvalue weighted by atomic mass is 16.5. The molecular formula is C25H27N3O4. The van der Waals surface area contributed by atoms with Crippen LogP contribution in [0.3, 0.4) is 0 Å². The van der Waals surface area contributed by atoms with E-state index in [1.807, 2.05) is 55.5 Å². The molecule has 32 heavy (non-hydrogen) atoms. The van der Waals surface area contributed by atoms with Crippen LogP contribution in [-0.2, 0) is 4.79 Å². The van der Waals surface area contributed by atoms with Crippen LogP contribution in [-0.4, -0.2) is 55.0 Å². The first kappa shape index (κ1) is 21.6. The molecule has 1 atom stereocenters. The summed E-state index contributed by atoms with van der Waals surface area (Å²) >= 11 is 0. The number of ether oxygens (including phenoxy) is 2. The molecule has 0 unspecified atom stereocenters. The molecule has 7 nitrogen and oxygen atoms in total. The van der Waals surface area contributed by atoms with Crippen molar-refractivity contribution in [3.05, 3.63) is 65.9 Å². The van der Waals surface area contributed by atoms with E-state index in [2.05, 4.69) is 5.32 Å². The highest BCUT2D eigenvalue weighted by Crippen LogP contribution is 2.29. The van der Waals surface area contributed by atoms with Gasteiger partial charge in [-0.25, -0.2) is 0 Å². The van der Waals surface area contributed by atoms with Crippen LogP contribution in [0.25, 0.3) is 10.9 Å². The molecule has 4 rings (SSSR count). The van der Waals surface area contributed by atoms with Crippen LogP contribution < -0.4 is 14.8 Å². The highest BCUT2D eigenvalue weighted by Gasteiger charge is 2.29. The van der Waals surface area contributed by atoms with E-state index in [9.17, 15) is 9.59 Å². The van der Waals surface area contributed by atoms with Gasteiger partial charge >= 0.3 is 0 Å². The summed E-state index contributed by atoms with van der Waals surface area (Å²) in [7, 11) is 1.62. The van der Waals surface area contributed by atoms with Gasteiger partial charge in [-0.3, -0.25) is 14.6 Å². The van der Waals surface area contributed by atoms with E-state index in [1.54, 1.807) is 18.0 Å². The number of carbonyl (C=O) groups is 2. The van der Waals surface area contributed by atoms with Crippen molar-refractivity contribution < 1.29 is 19.1 Å². The van der Waals surface area contributed by atoms with Gasteiger partial charge in [-0.1, -0.05) is 24.3 Å². The monoisotopic (exact) mass is 433 g/mol. The second-order valence-electron chi connectivity index (χ2n) is 7.71. The molecule has 1 saturated heterocycles. The highest BCUT2D eigenvalue weighted by molar-refractivity contribution is 6.06. The summed E-state index contributed by atoms with van der Waals surface area (Å²) in [5.41, 5.74) is 2.23. The van der Waals surface area contributed by atoms with Crippen molar-refractivity contribution in [2.75, 3.05) is 33.4 Å². The summed E-state index contributed by atoms with van der Waals surface area (Å²) < 4.78 is 11.2. The van der Waals surface area contributed by atoms with E-state index in [-0.39, 0.29) is 24.3 Å². The number of hydrogen-bond acceptors (Lipinski definition) is 5. The largest absolute Gasteiger partial charge is 0.494 e. The Morgan fingerprint density at radius 3 is 2.66 bits per heavy atom. The molecule has 2 aromatic carbocycles. The SMILES string of the molecule is CCOc1cccc(OCC(=O)N2CC[C@@H](c3cc(C(=O)NC)c4ccccc4n3)C2)c1. The van der Waals surface area contributed by atoms with Crippen LogP contribution in [0.2, 0.25) is 0 Å². The molecule has 1 aliphatic heterocycles. The number of likely N-dealkylation sites (tertiary alicyclic amines) is 1. The van der Waals surface area contributed by atoms with E-state index in [0.717, 1.165) is 23.0 Å². The summed E-state index contributed by atoms with van der Waals surface area (Å²) in [5, 5.41) is 3.53. The minimum Gasteiger partial charge on any atom is -0.494 e. The van der Waals surface area contributed by atoms with Crippen LogP contribution >= 0.6 is 0 Å². The van der Waals surface area contributed by atoms with Crippen molar-refractivity contribution in [1.82, 2.24) is 15.2 Å². The second kappa shape index (κ2) is 9.68. The van der Waals surface area contributed by atoms with Crippen LogP contribution in [0.1, 0.15) is 35.3 Å². The molecule has 3 aromatic rings. The minimum atomic E-state index is -0.140. The van der Waals surface area contributed by atoms with Gasteiger partial charge in [0.2, 0.25) is 0 Å². The van der Waals surface area contributed by atoms with E-state index < -0.39 is 0 Å². The van der Waals surface area contributed by atoms with Crippen molar-refractivity contribution in [3.63, 3.8) is 0 Å². The number of rotatable bonds is 7. The molecule has 7 heteroatoms. The van der Waals surface area contributed by atoms with E-state index >= 15 is 0 Å². The Labute approximate surface area is 187 Å². The number of nitrogens with zero attached hydrogens (tertiary/aromatic N) is 2. The van der Waals surface area contributed by atoms with Crippen molar-refractivity contribution in [3.8, 4) is 11.5 Å². The van der Waals surface area contributed by atoms with Gasteiger partial charge in [0.05, 0.1) is 17.7 Å². The number of fused-ring (bicyclic) bond motifs is 1. The Morgan fingerprint density at radius 1 is 1.09 bits per heavy atom. The molecule has 1 aromatic heterocycles. The third-order valence-corrected chi connectivity index (χ3v) is 5.65. The van der Waals surface area contributed by atoms with E-state index in [0.29, 0.717) is 36.8 Å². The topological polar surface area (TPSA) is 80.8 Å². The van der Waals surface area contributed by atoms with Crippen molar-refractivity contribution in [2.45, 2.75) is 19.3 Å². The quantitative estimate of drug-likeness (QED) is 0.618. The third-order valence-electron chi connectivity index (χ3n) is 5.65. The lowest BCUT2D eigenvalue weighted by Crippen LogP contribution is -2.33. The normalized spacial score (nSPS) is 15.6. The fourth-order valence-corrected chi connectivity index (χ4v) is 4.01. The summed E-state index contributed by atoms with van der Waals surface area (Å²) in [6, 6.07) is 16.8. The second-order valence-corrected chi connectivity index (χ2v) is 7.71. The molecule has 0 aliphatic carbocycles. The lowest BCUT2D eigenvalue weighted by molar-refractivity contribution is -0.132. The Morgan fingerprint density at radius 2 is 1.88 bits per heavy atom. The Balaban J connectivity index is 1.44. The van der Waals surface area contributed by atoms with Crippen LogP contribution in [0.4, 0.5) is 0 Å². The molecule has 2 heterocycles. The van der Waals surface area contributed by atoms with Crippen molar-refractivity contribution in [1.29, 1.82) is 0 Å². The molecule has 166 valence electrons. The third kappa shape index (κ3) is 4.66. The first-order chi connectivity index (χ1) is 15.6. The fourth-order valence-electron chi connectivity index (χ4n) is 4.01. The number of hydrogen-bond donors (Lipinski definition) is 1. The maximum Gasteiger partial charge on any atom is 0.260 e. The molecule has 1 aliphatic rings. The fraction of sp³-hybridized carbons (Fsp3) is 0.320. The van der Waals surface area contributed by atoms with Gasteiger partial charge in [0.1, 0.15) is 11.5 Å². The maximum atomic E-state index is 12.7. The number of benzene rings is 2. The van der Waals surface area contributed by atoms with Gasteiger partial charge in [0.25, 0.3) is 11.8 Å². The van der Waals surface area contributed by atoms with Gasteiger partial charge in [-0.05, 0) is 37.6 Å². The Bertz CT molecular complexity index is 1130. The summed E-state index contributed by atoms with van der Waals surface area (Å²) in [6.45, 7) is 3.65. The molecule has 1 fully saturated rings. The van der Waals surface area contributed by atoms with Gasteiger partial charge < -0.3 is 19.7 Å². The number of pyridine rings is 1. The van der Waals surface area contributed by atoms with Gasteiger partial charge in [0.15, 0.2) is 6.61 Å². The number of amides is 2. The zero-order chi connectivity index (χ0) is 22.5. The molecule has 0 saturated carbocycles. The molecule has 1 N–H and O–H groups in total. The van der Waals surface area contributed by atoms with Gasteiger partial charge in [0, 0.05) is 43.2 Å². The minimum absolute atomic E-state index is 0.0308. The Hall–Kier alpha value is -3.61. The molecule has 0 radical (unpaired) electrons. The van der Waals surface area contributed by atoms with Crippen molar-refractivity contribution >= 4 is 22.7 Å². The summed E-state index contributed by atoms with van der Waals surface area (Å²) in [5.74, 6) is 1.19. The maximum absolute atomic E-state index is 12.7. The average molecular weight is 434 g/mol. The number of aromatic nitrogens is 1. The lowest BCUT2D eigenvalue weighted by Gasteiger charge is -2.17. The number of carbonyl (C=O) groups excluding carboxylic acids is 2. The summed E-state index contributed by atoms with van der Waals surface area (Å²) in [6.07, 6.45) is 0.796.